The van der Waals surface area contributed by atoms with Gasteiger partial charge in [0, 0.05) is 0 Å². The van der Waals surface area contributed by atoms with Crippen molar-refractivity contribution in [1.29, 1.82) is 0 Å². The van der Waals surface area contributed by atoms with Gasteiger partial charge < -0.3 is 10.5 Å². The van der Waals surface area contributed by atoms with E-state index in [9.17, 15) is 26.7 Å². The van der Waals surface area contributed by atoms with E-state index >= 15 is 0 Å². The monoisotopic (exact) mass is 284 g/mol. The van der Waals surface area contributed by atoms with Gasteiger partial charge in [0.2, 0.25) is 0 Å². The lowest BCUT2D eigenvalue weighted by Crippen LogP contribution is -2.20. The summed E-state index contributed by atoms with van der Waals surface area (Å²) in [6, 6.07) is 0.520. The predicted octanol–water partition coefficient (Wildman–Crippen LogP) is 2.80. The SMILES string of the molecule is CCOC(=O)c1c(N)cc(C(F)F)nc1C(F)(F)F. The van der Waals surface area contributed by atoms with Crippen molar-refractivity contribution in [2.45, 2.75) is 19.5 Å². The first kappa shape index (κ1) is 15.1. The number of nitrogens with zero attached hydrogens (tertiary/aromatic N) is 1. The second-order valence-electron chi connectivity index (χ2n) is 3.38. The lowest BCUT2D eigenvalue weighted by atomic mass is 10.1. The van der Waals surface area contributed by atoms with E-state index in [0.29, 0.717) is 6.07 Å². The maximum atomic E-state index is 12.7. The van der Waals surface area contributed by atoms with Crippen LogP contribution in [-0.2, 0) is 10.9 Å². The van der Waals surface area contributed by atoms with Gasteiger partial charge in [0.1, 0.15) is 11.3 Å². The van der Waals surface area contributed by atoms with Gasteiger partial charge in [0.15, 0.2) is 5.69 Å². The van der Waals surface area contributed by atoms with E-state index in [2.05, 4.69) is 9.72 Å². The zero-order valence-corrected chi connectivity index (χ0v) is 9.59. The van der Waals surface area contributed by atoms with Gasteiger partial charge in [-0.1, -0.05) is 0 Å². The first-order valence-corrected chi connectivity index (χ1v) is 5.01. The van der Waals surface area contributed by atoms with Crippen molar-refractivity contribution in [2.75, 3.05) is 12.3 Å². The molecule has 4 nitrogen and oxygen atoms in total. The number of anilines is 1. The maximum absolute atomic E-state index is 12.7. The molecule has 0 saturated carbocycles. The Labute approximate surface area is 104 Å². The fraction of sp³-hybridized carbons (Fsp3) is 0.400. The summed E-state index contributed by atoms with van der Waals surface area (Å²) < 4.78 is 67.3. The van der Waals surface area contributed by atoms with Crippen molar-refractivity contribution in [3.63, 3.8) is 0 Å². The highest BCUT2D eigenvalue weighted by Gasteiger charge is 2.40. The number of ether oxygens (including phenoxy) is 1. The van der Waals surface area contributed by atoms with E-state index in [4.69, 9.17) is 5.73 Å². The molecular weight excluding hydrogens is 275 g/mol. The van der Waals surface area contributed by atoms with E-state index < -0.39 is 41.2 Å². The number of hydrogen-bond donors (Lipinski definition) is 1. The number of rotatable bonds is 3. The minimum Gasteiger partial charge on any atom is -0.462 e. The van der Waals surface area contributed by atoms with Crippen molar-refractivity contribution in [3.05, 3.63) is 23.0 Å². The molecule has 9 heteroatoms. The fourth-order valence-electron chi connectivity index (χ4n) is 1.32. The third-order valence-electron chi connectivity index (χ3n) is 2.04. The van der Waals surface area contributed by atoms with Gasteiger partial charge in [-0.2, -0.15) is 13.2 Å². The van der Waals surface area contributed by atoms with Crippen LogP contribution in [-0.4, -0.2) is 17.6 Å². The molecule has 0 aliphatic carbocycles. The molecule has 0 unspecified atom stereocenters. The molecule has 0 aliphatic rings. The van der Waals surface area contributed by atoms with Gasteiger partial charge in [-0.3, -0.25) is 0 Å². The molecule has 0 atom stereocenters. The number of nitrogens with two attached hydrogens (primary N) is 1. The summed E-state index contributed by atoms with van der Waals surface area (Å²) in [5, 5.41) is 0. The van der Waals surface area contributed by atoms with Crippen LogP contribution in [0.25, 0.3) is 0 Å². The first-order valence-electron chi connectivity index (χ1n) is 5.01. The van der Waals surface area contributed by atoms with E-state index in [1.54, 1.807) is 0 Å². The standard InChI is InChI=1S/C10H9F5N2O2/c1-2-19-9(18)6-4(16)3-5(8(11)12)17-7(6)10(13,14)15/h3,8H,2H2,1H3,(H2,16,17). The second kappa shape index (κ2) is 5.37. The predicted molar refractivity (Wildman–Crippen MR) is 54.6 cm³/mol. The summed E-state index contributed by atoms with van der Waals surface area (Å²) in [6.45, 7) is 1.19. The minimum absolute atomic E-state index is 0.188. The van der Waals surface area contributed by atoms with Gasteiger partial charge in [-0.25, -0.2) is 18.6 Å². The van der Waals surface area contributed by atoms with Crippen molar-refractivity contribution in [1.82, 2.24) is 4.98 Å². The van der Waals surface area contributed by atoms with Gasteiger partial charge >= 0.3 is 12.1 Å². The van der Waals surface area contributed by atoms with Crippen LogP contribution in [0.4, 0.5) is 27.6 Å². The Kier molecular flexibility index (Phi) is 4.28. The highest BCUT2D eigenvalue weighted by atomic mass is 19.4. The maximum Gasteiger partial charge on any atom is 0.434 e. The molecule has 19 heavy (non-hydrogen) atoms. The third-order valence-corrected chi connectivity index (χ3v) is 2.04. The number of pyridine rings is 1. The summed E-state index contributed by atoms with van der Waals surface area (Å²) in [6.07, 6.45) is -8.33. The highest BCUT2D eigenvalue weighted by molar-refractivity contribution is 5.96. The average molecular weight is 284 g/mol. The van der Waals surface area contributed by atoms with E-state index in [0.717, 1.165) is 0 Å². The largest absolute Gasteiger partial charge is 0.462 e. The first-order chi connectivity index (χ1) is 8.68. The Bertz CT molecular complexity index is 488. The molecule has 1 rings (SSSR count). The van der Waals surface area contributed by atoms with Crippen LogP contribution in [0.15, 0.2) is 6.07 Å². The van der Waals surface area contributed by atoms with Crippen molar-refractivity contribution in [3.8, 4) is 0 Å². The molecule has 106 valence electrons. The number of carbonyl (C=O) groups excluding carboxylic acids is 1. The molecule has 1 aromatic rings. The van der Waals surface area contributed by atoms with Crippen LogP contribution >= 0.6 is 0 Å². The summed E-state index contributed by atoms with van der Waals surface area (Å²) in [4.78, 5) is 14.1. The second-order valence-corrected chi connectivity index (χ2v) is 3.38. The lowest BCUT2D eigenvalue weighted by Gasteiger charge is -2.14. The Balaban J connectivity index is 3.48. The van der Waals surface area contributed by atoms with Gasteiger partial charge in [-0.15, -0.1) is 0 Å². The zero-order valence-electron chi connectivity index (χ0n) is 9.59. The number of hydrogen-bond acceptors (Lipinski definition) is 4. The van der Waals surface area contributed by atoms with Crippen molar-refractivity contribution < 1.29 is 31.5 Å². The normalized spacial score (nSPS) is 11.7. The van der Waals surface area contributed by atoms with Gasteiger partial charge in [0.05, 0.1) is 12.3 Å². The average Bonchev–Trinajstić information content (AvgIpc) is 2.26. The van der Waals surface area contributed by atoms with Crippen molar-refractivity contribution >= 4 is 11.7 Å². The number of nitrogen functional groups attached to an aromatic ring is 1. The smallest absolute Gasteiger partial charge is 0.434 e. The van der Waals surface area contributed by atoms with Crippen LogP contribution in [0.3, 0.4) is 0 Å². The van der Waals surface area contributed by atoms with Crippen LogP contribution in [0.2, 0.25) is 0 Å². The Morgan fingerprint density at radius 2 is 2.05 bits per heavy atom. The molecule has 0 aromatic carbocycles. The summed E-state index contributed by atoms with van der Waals surface area (Å²) in [5.41, 5.74) is 0.472. The molecule has 1 heterocycles. The van der Waals surface area contributed by atoms with Crippen LogP contribution < -0.4 is 5.73 Å². The number of halogens is 5. The van der Waals surface area contributed by atoms with Gasteiger partial charge in [0.25, 0.3) is 6.43 Å². The third kappa shape index (κ3) is 3.30. The summed E-state index contributed by atoms with van der Waals surface area (Å²) in [7, 11) is 0. The molecule has 1 aromatic heterocycles. The molecule has 0 aliphatic heterocycles. The number of alkyl halides is 5. The highest BCUT2D eigenvalue weighted by Crippen LogP contribution is 2.35. The topological polar surface area (TPSA) is 65.2 Å². The fourth-order valence-corrected chi connectivity index (χ4v) is 1.32. The quantitative estimate of drug-likeness (QED) is 0.684. The number of carbonyl (C=O) groups is 1. The summed E-state index contributed by atoms with van der Waals surface area (Å²) >= 11 is 0. The van der Waals surface area contributed by atoms with Crippen LogP contribution in [0, 0.1) is 0 Å². The minimum atomic E-state index is -5.10. The summed E-state index contributed by atoms with van der Waals surface area (Å²) in [5.74, 6) is -1.36. The van der Waals surface area contributed by atoms with Gasteiger partial charge in [-0.05, 0) is 13.0 Å². The molecule has 2 N–H and O–H groups in total. The molecular formula is C10H9F5N2O2. The molecule has 0 amide bonds. The number of esters is 1. The Morgan fingerprint density at radius 1 is 1.47 bits per heavy atom. The van der Waals surface area contributed by atoms with Crippen molar-refractivity contribution in [2.24, 2.45) is 0 Å². The molecule has 0 spiro atoms. The van der Waals surface area contributed by atoms with Crippen LogP contribution in [0.1, 0.15) is 35.1 Å². The van der Waals surface area contributed by atoms with Crippen LogP contribution in [0.5, 0.6) is 0 Å². The van der Waals surface area contributed by atoms with E-state index in [1.807, 2.05) is 0 Å². The zero-order chi connectivity index (χ0) is 14.8. The molecule has 0 saturated heterocycles. The number of aromatic nitrogens is 1. The molecule has 0 fully saturated rings. The molecule has 0 radical (unpaired) electrons. The Morgan fingerprint density at radius 3 is 2.47 bits per heavy atom. The van der Waals surface area contributed by atoms with E-state index in [1.165, 1.54) is 6.92 Å². The molecule has 0 bridgehead atoms. The van der Waals surface area contributed by atoms with E-state index in [-0.39, 0.29) is 6.61 Å². The lowest BCUT2D eigenvalue weighted by molar-refractivity contribution is -0.142. The Hall–Kier alpha value is -1.93.